The summed E-state index contributed by atoms with van der Waals surface area (Å²) in [6, 6.07) is 11.7. The molecule has 2 rings (SSSR count). The van der Waals surface area contributed by atoms with Gasteiger partial charge in [0.15, 0.2) is 0 Å². The van der Waals surface area contributed by atoms with Gasteiger partial charge in [-0.2, -0.15) is 0 Å². The molecule has 0 aliphatic carbocycles. The Balaban J connectivity index is 2.04. The minimum Gasteiger partial charge on any atom is -0.298 e. The van der Waals surface area contributed by atoms with Crippen LogP contribution in [0.15, 0.2) is 47.4 Å². The fourth-order valence-electron chi connectivity index (χ4n) is 1.44. The highest BCUT2D eigenvalue weighted by Crippen LogP contribution is 2.27. The molecule has 0 aliphatic heterocycles. The number of hydrogen-bond donors (Lipinski definition) is 0. The van der Waals surface area contributed by atoms with E-state index in [0.717, 1.165) is 16.7 Å². The van der Waals surface area contributed by atoms with Crippen molar-refractivity contribution in [1.82, 2.24) is 0 Å². The fourth-order valence-corrected chi connectivity index (χ4v) is 2.66. The number of halogens is 2. The maximum Gasteiger partial charge on any atom is 0.150 e. The number of carbonyl (C=O) groups excluding carboxylic acids is 1. The van der Waals surface area contributed by atoms with E-state index in [1.165, 1.54) is 12.1 Å². The van der Waals surface area contributed by atoms with Crippen LogP contribution in [0.4, 0.5) is 4.39 Å². The lowest BCUT2D eigenvalue weighted by Gasteiger charge is -2.04. The molecule has 0 spiro atoms. The lowest BCUT2D eigenvalue weighted by Crippen LogP contribution is -1.85. The summed E-state index contributed by atoms with van der Waals surface area (Å²) in [5, 5.41) is 0.437. The van der Waals surface area contributed by atoms with Crippen molar-refractivity contribution in [3.05, 3.63) is 64.4 Å². The Kier molecular flexibility index (Phi) is 4.39. The summed E-state index contributed by atoms with van der Waals surface area (Å²) >= 11 is 7.53. The molecule has 0 saturated heterocycles. The number of aldehydes is 1. The predicted molar refractivity (Wildman–Crippen MR) is 72.8 cm³/mol. The molecule has 0 amide bonds. The Labute approximate surface area is 114 Å². The smallest absolute Gasteiger partial charge is 0.150 e. The number of carbonyl (C=O) groups is 1. The van der Waals surface area contributed by atoms with Gasteiger partial charge < -0.3 is 0 Å². The first-order valence-electron chi connectivity index (χ1n) is 5.31. The molecule has 0 bridgehead atoms. The van der Waals surface area contributed by atoms with E-state index in [9.17, 15) is 9.18 Å². The molecule has 0 N–H and O–H groups in total. The maximum atomic E-state index is 12.9. The van der Waals surface area contributed by atoms with Gasteiger partial charge in [0.05, 0.1) is 0 Å². The number of benzene rings is 2. The molecule has 92 valence electrons. The van der Waals surface area contributed by atoms with Gasteiger partial charge in [0.2, 0.25) is 0 Å². The summed E-state index contributed by atoms with van der Waals surface area (Å²) in [5.41, 5.74) is 1.54. The third-order valence-corrected chi connectivity index (χ3v) is 3.84. The standard InChI is InChI=1S/C14H10ClFOS/c15-14-7-12(16)4-3-11(14)9-18-13-5-1-10(8-17)2-6-13/h1-8H,9H2. The molecule has 18 heavy (non-hydrogen) atoms. The molecule has 0 unspecified atom stereocenters. The molecular formula is C14H10ClFOS. The zero-order valence-corrected chi connectivity index (χ0v) is 11.0. The maximum absolute atomic E-state index is 12.9. The molecule has 0 aliphatic rings. The van der Waals surface area contributed by atoms with Crippen LogP contribution in [0.2, 0.25) is 5.02 Å². The van der Waals surface area contributed by atoms with E-state index in [-0.39, 0.29) is 5.82 Å². The monoisotopic (exact) mass is 280 g/mol. The quantitative estimate of drug-likeness (QED) is 0.602. The van der Waals surface area contributed by atoms with E-state index in [1.807, 2.05) is 12.1 Å². The number of hydrogen-bond acceptors (Lipinski definition) is 2. The molecule has 2 aromatic carbocycles. The Morgan fingerprint density at radius 1 is 1.17 bits per heavy atom. The third-order valence-electron chi connectivity index (χ3n) is 2.43. The fraction of sp³-hybridized carbons (Fsp3) is 0.0714. The van der Waals surface area contributed by atoms with Crippen LogP contribution in [0, 0.1) is 5.82 Å². The van der Waals surface area contributed by atoms with Gasteiger partial charge in [0.25, 0.3) is 0 Å². The van der Waals surface area contributed by atoms with E-state index >= 15 is 0 Å². The predicted octanol–water partition coefficient (Wildman–Crippen LogP) is 4.58. The minimum atomic E-state index is -0.330. The van der Waals surface area contributed by atoms with Crippen molar-refractivity contribution in [2.45, 2.75) is 10.6 Å². The van der Waals surface area contributed by atoms with Crippen LogP contribution in [0.1, 0.15) is 15.9 Å². The van der Waals surface area contributed by atoms with Gasteiger partial charge in [-0.25, -0.2) is 4.39 Å². The van der Waals surface area contributed by atoms with Crippen LogP contribution in [0.25, 0.3) is 0 Å². The topological polar surface area (TPSA) is 17.1 Å². The Morgan fingerprint density at radius 2 is 1.89 bits per heavy atom. The second kappa shape index (κ2) is 6.03. The van der Waals surface area contributed by atoms with Crippen LogP contribution in [-0.2, 0) is 5.75 Å². The van der Waals surface area contributed by atoms with Gasteiger partial charge in [0.1, 0.15) is 12.1 Å². The van der Waals surface area contributed by atoms with Gasteiger partial charge in [-0.1, -0.05) is 29.8 Å². The second-order valence-corrected chi connectivity index (χ2v) is 5.17. The summed E-state index contributed by atoms with van der Waals surface area (Å²) in [6.07, 6.45) is 0.811. The Bertz CT molecular complexity index is 554. The normalized spacial score (nSPS) is 10.3. The van der Waals surface area contributed by atoms with Crippen molar-refractivity contribution < 1.29 is 9.18 Å². The number of thioether (sulfide) groups is 1. The lowest BCUT2D eigenvalue weighted by molar-refractivity contribution is 0.112. The van der Waals surface area contributed by atoms with E-state index in [0.29, 0.717) is 16.3 Å². The molecule has 0 atom stereocenters. The van der Waals surface area contributed by atoms with Crippen molar-refractivity contribution >= 4 is 29.6 Å². The van der Waals surface area contributed by atoms with Crippen LogP contribution in [0.5, 0.6) is 0 Å². The van der Waals surface area contributed by atoms with Gasteiger partial charge in [-0.05, 0) is 29.8 Å². The van der Waals surface area contributed by atoms with Crippen molar-refractivity contribution in [2.75, 3.05) is 0 Å². The summed E-state index contributed by atoms with van der Waals surface area (Å²) < 4.78 is 12.9. The average Bonchev–Trinajstić information content (AvgIpc) is 2.38. The summed E-state index contributed by atoms with van der Waals surface area (Å²) in [5.74, 6) is 0.337. The highest BCUT2D eigenvalue weighted by atomic mass is 35.5. The van der Waals surface area contributed by atoms with Crippen molar-refractivity contribution in [3.63, 3.8) is 0 Å². The van der Waals surface area contributed by atoms with E-state index in [4.69, 9.17) is 11.6 Å². The van der Waals surface area contributed by atoms with Gasteiger partial charge in [-0.3, -0.25) is 4.79 Å². The van der Waals surface area contributed by atoms with Gasteiger partial charge >= 0.3 is 0 Å². The molecule has 1 nitrogen and oxygen atoms in total. The van der Waals surface area contributed by atoms with Gasteiger partial charge in [0, 0.05) is 21.2 Å². The first kappa shape index (κ1) is 13.1. The zero-order valence-electron chi connectivity index (χ0n) is 9.40. The van der Waals surface area contributed by atoms with Crippen molar-refractivity contribution in [2.24, 2.45) is 0 Å². The highest BCUT2D eigenvalue weighted by Gasteiger charge is 2.03. The lowest BCUT2D eigenvalue weighted by atomic mass is 10.2. The first-order valence-corrected chi connectivity index (χ1v) is 6.67. The Morgan fingerprint density at radius 3 is 2.50 bits per heavy atom. The molecule has 0 fully saturated rings. The van der Waals surface area contributed by atoms with E-state index in [1.54, 1.807) is 30.0 Å². The highest BCUT2D eigenvalue weighted by molar-refractivity contribution is 7.98. The van der Waals surface area contributed by atoms with Crippen LogP contribution < -0.4 is 0 Å². The first-order chi connectivity index (χ1) is 8.69. The van der Waals surface area contributed by atoms with E-state index in [2.05, 4.69) is 0 Å². The van der Waals surface area contributed by atoms with Crippen molar-refractivity contribution in [3.8, 4) is 0 Å². The molecule has 0 heterocycles. The Hall–Kier alpha value is -1.32. The molecule has 2 aromatic rings. The largest absolute Gasteiger partial charge is 0.298 e. The number of rotatable bonds is 4. The van der Waals surface area contributed by atoms with Crippen LogP contribution >= 0.6 is 23.4 Å². The SMILES string of the molecule is O=Cc1ccc(SCc2ccc(F)cc2Cl)cc1. The molecule has 0 radical (unpaired) electrons. The van der Waals surface area contributed by atoms with E-state index < -0.39 is 0 Å². The second-order valence-electron chi connectivity index (χ2n) is 3.71. The average molecular weight is 281 g/mol. The van der Waals surface area contributed by atoms with Crippen molar-refractivity contribution in [1.29, 1.82) is 0 Å². The molecule has 0 saturated carbocycles. The molecule has 0 aromatic heterocycles. The molecule has 4 heteroatoms. The van der Waals surface area contributed by atoms with Gasteiger partial charge in [-0.15, -0.1) is 11.8 Å². The zero-order chi connectivity index (χ0) is 13.0. The molecular weight excluding hydrogens is 271 g/mol. The van der Waals surface area contributed by atoms with Crippen LogP contribution in [0.3, 0.4) is 0 Å². The third kappa shape index (κ3) is 3.34. The minimum absolute atomic E-state index is 0.330. The summed E-state index contributed by atoms with van der Waals surface area (Å²) in [4.78, 5) is 11.6. The summed E-state index contributed by atoms with van der Waals surface area (Å²) in [7, 11) is 0. The van der Waals surface area contributed by atoms with Crippen LogP contribution in [-0.4, -0.2) is 6.29 Å². The summed E-state index contributed by atoms with van der Waals surface area (Å²) in [6.45, 7) is 0.